The Kier molecular flexibility index (Phi) is 5.52. The van der Waals surface area contributed by atoms with Crippen molar-refractivity contribution in [2.75, 3.05) is 40.6 Å². The summed E-state index contributed by atoms with van der Waals surface area (Å²) in [6, 6.07) is 3.70. The Morgan fingerprint density at radius 1 is 1.00 bits per heavy atom. The van der Waals surface area contributed by atoms with Gasteiger partial charge in [0.1, 0.15) is 12.9 Å². The zero-order valence-electron chi connectivity index (χ0n) is 11.7. The highest BCUT2D eigenvalue weighted by Gasteiger charge is 2.07. The number of methoxy groups -OCH3 is 2. The molecule has 0 bridgehead atoms. The number of hydrogen-bond donors (Lipinski definition) is 0. The van der Waals surface area contributed by atoms with E-state index in [1.807, 2.05) is 12.1 Å². The zero-order valence-corrected chi connectivity index (χ0v) is 11.7. The van der Waals surface area contributed by atoms with Gasteiger partial charge in [-0.3, -0.25) is 0 Å². The number of hydrogen-bond acceptors (Lipinski definition) is 6. The molecule has 0 fully saturated rings. The van der Waals surface area contributed by atoms with Crippen molar-refractivity contribution in [3.05, 3.63) is 24.7 Å². The molecule has 1 heterocycles. The number of nitrogens with zero attached hydrogens (tertiary/aromatic N) is 2. The third-order valence-electron chi connectivity index (χ3n) is 2.71. The molecule has 6 heteroatoms. The SMILES string of the molecule is COCCOCCOc1cc2ncncc2cc1OC. The Hall–Kier alpha value is -1.92. The number of aromatic nitrogens is 2. The highest BCUT2D eigenvalue weighted by molar-refractivity contribution is 5.81. The van der Waals surface area contributed by atoms with Gasteiger partial charge in [0.05, 0.1) is 32.4 Å². The minimum atomic E-state index is 0.441. The average molecular weight is 278 g/mol. The monoisotopic (exact) mass is 278 g/mol. The van der Waals surface area contributed by atoms with Crippen LogP contribution in [-0.4, -0.2) is 50.6 Å². The molecule has 1 aromatic carbocycles. The van der Waals surface area contributed by atoms with Crippen LogP contribution in [0, 0.1) is 0 Å². The number of fused-ring (bicyclic) bond motifs is 1. The molecule has 0 unspecified atom stereocenters. The fourth-order valence-corrected chi connectivity index (χ4v) is 1.72. The number of benzene rings is 1. The van der Waals surface area contributed by atoms with Gasteiger partial charge in [-0.1, -0.05) is 0 Å². The van der Waals surface area contributed by atoms with Crippen molar-refractivity contribution in [2.24, 2.45) is 0 Å². The molecule has 6 nitrogen and oxygen atoms in total. The van der Waals surface area contributed by atoms with E-state index in [4.69, 9.17) is 18.9 Å². The summed E-state index contributed by atoms with van der Waals surface area (Å²) in [5.41, 5.74) is 0.816. The molecule has 0 aliphatic carbocycles. The number of rotatable bonds is 8. The normalized spacial score (nSPS) is 10.7. The van der Waals surface area contributed by atoms with Crippen molar-refractivity contribution in [1.29, 1.82) is 0 Å². The first kappa shape index (κ1) is 14.5. The van der Waals surface area contributed by atoms with Crippen molar-refractivity contribution in [1.82, 2.24) is 9.97 Å². The zero-order chi connectivity index (χ0) is 14.2. The van der Waals surface area contributed by atoms with Gasteiger partial charge >= 0.3 is 0 Å². The van der Waals surface area contributed by atoms with Gasteiger partial charge in [-0.25, -0.2) is 9.97 Å². The predicted molar refractivity (Wildman–Crippen MR) is 74.3 cm³/mol. The van der Waals surface area contributed by atoms with Crippen molar-refractivity contribution in [3.8, 4) is 11.5 Å². The first-order valence-corrected chi connectivity index (χ1v) is 6.32. The minimum Gasteiger partial charge on any atom is -0.493 e. The van der Waals surface area contributed by atoms with Crippen molar-refractivity contribution >= 4 is 10.9 Å². The lowest BCUT2D eigenvalue weighted by atomic mass is 10.2. The largest absolute Gasteiger partial charge is 0.493 e. The van der Waals surface area contributed by atoms with Gasteiger partial charge in [-0.05, 0) is 6.07 Å². The molecule has 0 atom stereocenters. The van der Waals surface area contributed by atoms with Gasteiger partial charge < -0.3 is 18.9 Å². The third-order valence-corrected chi connectivity index (χ3v) is 2.71. The van der Waals surface area contributed by atoms with Gasteiger partial charge in [0.2, 0.25) is 0 Å². The number of ether oxygens (including phenoxy) is 4. The Labute approximate surface area is 117 Å². The van der Waals surface area contributed by atoms with Crippen LogP contribution in [0.1, 0.15) is 0 Å². The van der Waals surface area contributed by atoms with Crippen LogP contribution in [0.15, 0.2) is 24.7 Å². The molecule has 1 aromatic heterocycles. The maximum absolute atomic E-state index is 5.67. The van der Waals surface area contributed by atoms with Gasteiger partial charge in [0, 0.05) is 24.8 Å². The molecule has 0 aliphatic heterocycles. The summed E-state index contributed by atoms with van der Waals surface area (Å²) in [6.45, 7) is 2.07. The molecule has 0 amide bonds. The van der Waals surface area contributed by atoms with E-state index < -0.39 is 0 Å². The van der Waals surface area contributed by atoms with Crippen LogP contribution >= 0.6 is 0 Å². The molecule has 0 aliphatic rings. The molecule has 2 aromatic rings. The summed E-state index contributed by atoms with van der Waals surface area (Å²) in [5.74, 6) is 1.30. The van der Waals surface area contributed by atoms with Crippen molar-refractivity contribution in [3.63, 3.8) is 0 Å². The predicted octanol–water partition coefficient (Wildman–Crippen LogP) is 1.68. The maximum atomic E-state index is 5.67. The molecule has 0 saturated heterocycles. The highest BCUT2D eigenvalue weighted by Crippen LogP contribution is 2.31. The second-order valence-electron chi connectivity index (χ2n) is 4.04. The Morgan fingerprint density at radius 3 is 2.65 bits per heavy atom. The van der Waals surface area contributed by atoms with E-state index in [0.29, 0.717) is 37.9 Å². The quantitative estimate of drug-likeness (QED) is 0.685. The van der Waals surface area contributed by atoms with Crippen molar-refractivity contribution in [2.45, 2.75) is 0 Å². The first-order chi connectivity index (χ1) is 9.85. The van der Waals surface area contributed by atoms with Crippen LogP contribution in [0.5, 0.6) is 11.5 Å². The molecule has 0 N–H and O–H groups in total. The Bertz CT molecular complexity index is 548. The maximum Gasteiger partial charge on any atom is 0.163 e. The fraction of sp³-hybridized carbons (Fsp3) is 0.429. The second kappa shape index (κ2) is 7.62. The summed E-state index contributed by atoms with van der Waals surface area (Å²) >= 11 is 0. The minimum absolute atomic E-state index is 0.441. The van der Waals surface area contributed by atoms with Crippen LogP contribution in [0.2, 0.25) is 0 Å². The lowest BCUT2D eigenvalue weighted by Crippen LogP contribution is -2.10. The molecule has 0 radical (unpaired) electrons. The molecular weight excluding hydrogens is 260 g/mol. The summed E-state index contributed by atoms with van der Waals surface area (Å²) < 4.78 is 21.2. The van der Waals surface area contributed by atoms with E-state index in [1.54, 1.807) is 20.4 Å². The Morgan fingerprint density at radius 2 is 1.85 bits per heavy atom. The third kappa shape index (κ3) is 3.79. The summed E-state index contributed by atoms with van der Waals surface area (Å²) in [4.78, 5) is 8.17. The highest BCUT2D eigenvalue weighted by atomic mass is 16.5. The van der Waals surface area contributed by atoms with Crippen molar-refractivity contribution < 1.29 is 18.9 Å². The molecular formula is C14H18N2O4. The topological polar surface area (TPSA) is 62.7 Å². The van der Waals surface area contributed by atoms with E-state index in [-0.39, 0.29) is 0 Å². The first-order valence-electron chi connectivity index (χ1n) is 6.32. The van der Waals surface area contributed by atoms with Crippen LogP contribution in [0.4, 0.5) is 0 Å². The second-order valence-corrected chi connectivity index (χ2v) is 4.04. The summed E-state index contributed by atoms with van der Waals surface area (Å²) in [5, 5.41) is 0.910. The smallest absolute Gasteiger partial charge is 0.163 e. The van der Waals surface area contributed by atoms with Crippen LogP contribution in [0.25, 0.3) is 10.9 Å². The van der Waals surface area contributed by atoms with E-state index in [0.717, 1.165) is 10.9 Å². The van der Waals surface area contributed by atoms with Gasteiger partial charge in [-0.2, -0.15) is 0 Å². The van der Waals surface area contributed by atoms with E-state index in [2.05, 4.69) is 9.97 Å². The lowest BCUT2D eigenvalue weighted by Gasteiger charge is -2.11. The molecule has 20 heavy (non-hydrogen) atoms. The van der Waals surface area contributed by atoms with Crippen LogP contribution in [0.3, 0.4) is 0 Å². The summed E-state index contributed by atoms with van der Waals surface area (Å²) in [7, 11) is 3.24. The molecule has 0 spiro atoms. The van der Waals surface area contributed by atoms with Gasteiger partial charge in [-0.15, -0.1) is 0 Å². The van der Waals surface area contributed by atoms with Gasteiger partial charge in [0.15, 0.2) is 11.5 Å². The van der Waals surface area contributed by atoms with E-state index in [1.165, 1.54) is 6.33 Å². The van der Waals surface area contributed by atoms with Crippen LogP contribution in [-0.2, 0) is 9.47 Å². The fourth-order valence-electron chi connectivity index (χ4n) is 1.72. The van der Waals surface area contributed by atoms with Crippen LogP contribution < -0.4 is 9.47 Å². The molecule has 108 valence electrons. The lowest BCUT2D eigenvalue weighted by molar-refractivity contribution is 0.0540. The Balaban J connectivity index is 1.97. The standard InChI is InChI=1S/C14H18N2O4/c1-17-3-4-19-5-6-20-14-8-12-11(7-13(14)18-2)9-15-10-16-12/h7-10H,3-6H2,1-2H3. The summed E-state index contributed by atoms with van der Waals surface area (Å²) in [6.07, 6.45) is 3.24. The van der Waals surface area contributed by atoms with E-state index in [9.17, 15) is 0 Å². The van der Waals surface area contributed by atoms with E-state index >= 15 is 0 Å². The average Bonchev–Trinajstić information content (AvgIpc) is 2.50. The molecule has 0 saturated carbocycles. The van der Waals surface area contributed by atoms with Gasteiger partial charge in [0.25, 0.3) is 0 Å². The molecule has 2 rings (SSSR count).